The van der Waals surface area contributed by atoms with Gasteiger partial charge in [0.25, 0.3) is 0 Å². The van der Waals surface area contributed by atoms with Crippen molar-refractivity contribution in [2.75, 3.05) is 6.54 Å². The smallest absolute Gasteiger partial charge is 0.400 e. The van der Waals surface area contributed by atoms with Crippen LogP contribution in [0.15, 0.2) is 17.7 Å². The maximum Gasteiger partial charge on any atom is 0.492 e. The molecule has 0 aliphatic carbocycles. The Bertz CT molecular complexity index is 658. The Labute approximate surface area is 142 Å². The minimum atomic E-state index is -0.613. The van der Waals surface area contributed by atoms with Gasteiger partial charge in [-0.2, -0.15) is 4.39 Å². The van der Waals surface area contributed by atoms with Crippen molar-refractivity contribution >= 4 is 19.1 Å². The molecular formula is C17H24BFN2O3. The quantitative estimate of drug-likeness (QED) is 0.679. The minimum absolute atomic E-state index is 0.157. The maximum absolute atomic E-state index is 13.5. The molecule has 1 aliphatic rings. The van der Waals surface area contributed by atoms with Crippen LogP contribution < -0.4 is 5.32 Å². The summed E-state index contributed by atoms with van der Waals surface area (Å²) in [7, 11) is -0.613. The number of carbonyl (C=O) groups excluding carboxylic acids is 1. The minimum Gasteiger partial charge on any atom is -0.400 e. The first-order valence-corrected chi connectivity index (χ1v) is 7.94. The fourth-order valence-electron chi connectivity index (χ4n) is 2.29. The van der Waals surface area contributed by atoms with E-state index in [9.17, 15) is 9.18 Å². The Morgan fingerprint density at radius 2 is 1.92 bits per heavy atom. The van der Waals surface area contributed by atoms with E-state index in [4.69, 9.17) is 9.31 Å². The number of rotatable bonds is 4. The predicted molar refractivity (Wildman–Crippen MR) is 91.7 cm³/mol. The predicted octanol–water partition coefficient (Wildman–Crippen LogP) is 2.68. The van der Waals surface area contributed by atoms with Crippen LogP contribution in [0.25, 0.3) is 6.08 Å². The Morgan fingerprint density at radius 3 is 2.46 bits per heavy atom. The Hall–Kier alpha value is -1.73. The van der Waals surface area contributed by atoms with Crippen molar-refractivity contribution in [3.63, 3.8) is 0 Å². The largest absolute Gasteiger partial charge is 0.492 e. The summed E-state index contributed by atoms with van der Waals surface area (Å²) in [6.07, 6.45) is 3.26. The molecule has 0 saturated carbocycles. The molecule has 1 saturated heterocycles. The van der Waals surface area contributed by atoms with Crippen molar-refractivity contribution in [1.82, 2.24) is 10.3 Å². The first-order chi connectivity index (χ1) is 11.0. The number of hydrogen-bond acceptors (Lipinski definition) is 4. The average Bonchev–Trinajstić information content (AvgIpc) is 2.66. The molecule has 24 heavy (non-hydrogen) atoms. The van der Waals surface area contributed by atoms with Gasteiger partial charge in [0.1, 0.15) is 0 Å². The van der Waals surface area contributed by atoms with Gasteiger partial charge in [0.2, 0.25) is 11.9 Å². The van der Waals surface area contributed by atoms with Gasteiger partial charge in [0.05, 0.1) is 11.2 Å². The zero-order valence-electron chi connectivity index (χ0n) is 15.1. The van der Waals surface area contributed by atoms with Gasteiger partial charge in [-0.15, -0.1) is 0 Å². The summed E-state index contributed by atoms with van der Waals surface area (Å²) in [4.78, 5) is 14.9. The molecule has 0 aromatic carbocycles. The number of aromatic nitrogens is 1. The van der Waals surface area contributed by atoms with Gasteiger partial charge in [-0.05, 0) is 51.2 Å². The molecule has 1 fully saturated rings. The van der Waals surface area contributed by atoms with E-state index in [1.54, 1.807) is 6.08 Å². The molecule has 130 valence electrons. The van der Waals surface area contributed by atoms with E-state index < -0.39 is 24.3 Å². The van der Waals surface area contributed by atoms with E-state index in [2.05, 4.69) is 10.3 Å². The standard InChI is InChI=1S/C17H24BFN2O3/c1-11-9-21-15(19)8-13(11)7-14(10-20-12(2)22)18-23-16(3,4)17(5,6)24-18/h7-9H,10H2,1-6H3,(H,20,22). The van der Waals surface area contributed by atoms with Gasteiger partial charge in [0.15, 0.2) is 0 Å². The fourth-order valence-corrected chi connectivity index (χ4v) is 2.29. The van der Waals surface area contributed by atoms with Crippen molar-refractivity contribution in [2.45, 2.75) is 52.7 Å². The van der Waals surface area contributed by atoms with E-state index in [0.717, 1.165) is 11.0 Å². The molecule has 7 heteroatoms. The Balaban J connectivity index is 2.37. The van der Waals surface area contributed by atoms with Gasteiger partial charge in [-0.25, -0.2) is 4.98 Å². The Morgan fingerprint density at radius 1 is 1.33 bits per heavy atom. The number of nitrogens with zero attached hydrogens (tertiary/aromatic N) is 1. The van der Waals surface area contributed by atoms with Crippen LogP contribution in [0.2, 0.25) is 0 Å². The van der Waals surface area contributed by atoms with Crippen molar-refractivity contribution in [1.29, 1.82) is 0 Å². The van der Waals surface area contributed by atoms with Crippen molar-refractivity contribution < 1.29 is 18.5 Å². The normalized spacial score (nSPS) is 19.5. The SMILES string of the molecule is CC(=O)NCC(=Cc1cc(F)ncc1C)B1OC(C)(C)C(C)(C)O1. The van der Waals surface area contributed by atoms with Crippen molar-refractivity contribution in [3.05, 3.63) is 34.8 Å². The van der Waals surface area contributed by atoms with Gasteiger partial charge in [0, 0.05) is 25.7 Å². The van der Waals surface area contributed by atoms with E-state index in [1.807, 2.05) is 34.6 Å². The zero-order valence-corrected chi connectivity index (χ0v) is 15.1. The lowest BCUT2D eigenvalue weighted by atomic mass is 9.76. The van der Waals surface area contributed by atoms with Gasteiger partial charge < -0.3 is 14.6 Å². The van der Waals surface area contributed by atoms with Gasteiger partial charge >= 0.3 is 7.12 Å². The summed E-state index contributed by atoms with van der Waals surface area (Å²) >= 11 is 0. The highest BCUT2D eigenvalue weighted by Gasteiger charge is 2.52. The lowest BCUT2D eigenvalue weighted by Crippen LogP contribution is -2.41. The lowest BCUT2D eigenvalue weighted by Gasteiger charge is -2.32. The maximum atomic E-state index is 13.5. The molecule has 0 radical (unpaired) electrons. The second kappa shape index (κ2) is 6.65. The molecule has 0 bridgehead atoms. The van der Waals surface area contributed by atoms with Crippen molar-refractivity contribution in [3.8, 4) is 0 Å². The fraction of sp³-hybridized carbons (Fsp3) is 0.529. The Kier molecular flexibility index (Phi) is 5.15. The van der Waals surface area contributed by atoms with E-state index >= 15 is 0 Å². The summed E-state index contributed by atoms with van der Waals surface area (Å²) in [6, 6.07) is 1.36. The van der Waals surface area contributed by atoms with Crippen LogP contribution >= 0.6 is 0 Å². The number of aryl methyl sites for hydroxylation is 1. The number of nitrogens with one attached hydrogen (secondary N) is 1. The molecule has 0 unspecified atom stereocenters. The summed E-state index contributed by atoms with van der Waals surface area (Å²) in [5.41, 5.74) is 1.24. The third-order valence-electron chi connectivity index (χ3n) is 4.55. The van der Waals surface area contributed by atoms with Crippen LogP contribution in [-0.2, 0) is 14.1 Å². The highest BCUT2D eigenvalue weighted by atomic mass is 19.1. The van der Waals surface area contributed by atoms with Crippen LogP contribution in [0.3, 0.4) is 0 Å². The topological polar surface area (TPSA) is 60.5 Å². The second-order valence-electron chi connectivity index (χ2n) is 7.08. The molecule has 0 atom stereocenters. The first-order valence-electron chi connectivity index (χ1n) is 7.94. The summed E-state index contributed by atoms with van der Waals surface area (Å²) in [6.45, 7) is 11.4. The van der Waals surface area contributed by atoms with Crippen LogP contribution in [-0.4, -0.2) is 35.8 Å². The van der Waals surface area contributed by atoms with E-state index in [-0.39, 0.29) is 12.5 Å². The molecule has 1 amide bonds. The summed E-state index contributed by atoms with van der Waals surface area (Å²) < 4.78 is 25.6. The molecule has 2 rings (SSSR count). The molecule has 1 aromatic rings. The second-order valence-corrected chi connectivity index (χ2v) is 7.08. The number of amides is 1. The molecule has 5 nitrogen and oxygen atoms in total. The highest BCUT2D eigenvalue weighted by molar-refractivity contribution is 6.56. The zero-order chi connectivity index (χ0) is 18.1. The van der Waals surface area contributed by atoms with Crippen LogP contribution in [0.5, 0.6) is 0 Å². The molecule has 2 heterocycles. The highest BCUT2D eigenvalue weighted by Crippen LogP contribution is 2.38. The van der Waals surface area contributed by atoms with E-state index in [0.29, 0.717) is 5.56 Å². The third kappa shape index (κ3) is 4.02. The molecule has 1 N–H and O–H groups in total. The van der Waals surface area contributed by atoms with Crippen LogP contribution in [0.4, 0.5) is 4.39 Å². The van der Waals surface area contributed by atoms with Crippen LogP contribution in [0, 0.1) is 12.9 Å². The number of halogens is 1. The number of pyridine rings is 1. The van der Waals surface area contributed by atoms with E-state index in [1.165, 1.54) is 19.2 Å². The third-order valence-corrected chi connectivity index (χ3v) is 4.55. The first kappa shape index (κ1) is 18.6. The number of carbonyl (C=O) groups is 1. The lowest BCUT2D eigenvalue weighted by molar-refractivity contribution is -0.118. The average molecular weight is 334 g/mol. The molecule has 1 aliphatic heterocycles. The van der Waals surface area contributed by atoms with Crippen molar-refractivity contribution in [2.24, 2.45) is 0 Å². The monoisotopic (exact) mass is 334 g/mol. The van der Waals surface area contributed by atoms with Gasteiger partial charge in [-0.3, -0.25) is 4.79 Å². The molecule has 0 spiro atoms. The summed E-state index contributed by atoms with van der Waals surface area (Å²) in [5.74, 6) is -0.713. The summed E-state index contributed by atoms with van der Waals surface area (Å²) in [5, 5.41) is 2.75. The van der Waals surface area contributed by atoms with Gasteiger partial charge in [-0.1, -0.05) is 6.08 Å². The molecule has 1 aromatic heterocycles. The van der Waals surface area contributed by atoms with Crippen LogP contribution in [0.1, 0.15) is 45.7 Å². The number of hydrogen-bond donors (Lipinski definition) is 1. The molecular weight excluding hydrogens is 310 g/mol.